The Hall–Kier alpha value is -6.92. The summed E-state index contributed by atoms with van der Waals surface area (Å²) in [6.45, 7) is 0. The van der Waals surface area contributed by atoms with Crippen molar-refractivity contribution in [2.24, 2.45) is 0 Å². The third-order valence-corrected chi connectivity index (χ3v) is 9.89. The summed E-state index contributed by atoms with van der Waals surface area (Å²) in [4.78, 5) is 10.1. The second kappa shape index (κ2) is 11.9. The average Bonchev–Trinajstić information content (AvgIpc) is 3.71. The Balaban J connectivity index is 1.17. The number of nitrogens with zero attached hydrogens (tertiary/aromatic N) is 4. The quantitative estimate of drug-likeness (QED) is 0.182. The Kier molecular flexibility index (Phi) is 6.83. The number of halogens is 2. The third-order valence-electron chi connectivity index (χ3n) is 9.89. The Labute approximate surface area is 297 Å². The van der Waals surface area contributed by atoms with Crippen molar-refractivity contribution in [2.75, 3.05) is 0 Å². The van der Waals surface area contributed by atoms with Crippen molar-refractivity contribution in [3.63, 3.8) is 0 Å². The normalized spacial score (nSPS) is 11.7. The first-order chi connectivity index (χ1) is 25.6. The van der Waals surface area contributed by atoms with E-state index >= 15 is 0 Å². The number of hydrogen-bond donors (Lipinski definition) is 0. The van der Waals surface area contributed by atoms with Gasteiger partial charge in [0.05, 0.1) is 33.5 Å². The van der Waals surface area contributed by atoms with E-state index in [-0.39, 0.29) is 11.6 Å². The van der Waals surface area contributed by atoms with Crippen molar-refractivity contribution in [3.8, 4) is 45.3 Å². The molecule has 52 heavy (non-hydrogen) atoms. The molecule has 0 saturated carbocycles. The maximum absolute atomic E-state index is 13.9. The second-order valence-electron chi connectivity index (χ2n) is 13.0. The molecule has 0 N–H and O–H groups in total. The van der Waals surface area contributed by atoms with Gasteiger partial charge in [0.2, 0.25) is 5.95 Å². The van der Waals surface area contributed by atoms with E-state index in [0.717, 1.165) is 55.3 Å². The van der Waals surface area contributed by atoms with Gasteiger partial charge in [-0.2, -0.15) is 0 Å². The van der Waals surface area contributed by atoms with Crippen LogP contribution in [-0.2, 0) is 0 Å². The zero-order valence-electron chi connectivity index (χ0n) is 27.7. The molecule has 10 aromatic rings. The highest BCUT2D eigenvalue weighted by molar-refractivity contribution is 6.12. The fourth-order valence-electron chi connectivity index (χ4n) is 7.45. The predicted octanol–water partition coefficient (Wildman–Crippen LogP) is 11.9. The van der Waals surface area contributed by atoms with Crippen molar-refractivity contribution in [3.05, 3.63) is 181 Å². The number of para-hydroxylation sites is 3. The summed E-state index contributed by atoms with van der Waals surface area (Å²) in [5.41, 5.74) is 10.4. The van der Waals surface area contributed by atoms with Gasteiger partial charge in [-0.25, -0.2) is 18.7 Å². The summed E-state index contributed by atoms with van der Waals surface area (Å²) < 4.78 is 32.3. The lowest BCUT2D eigenvalue weighted by Crippen LogP contribution is -2.04. The van der Waals surface area contributed by atoms with Crippen LogP contribution in [0.1, 0.15) is 0 Å². The number of benzene rings is 7. The number of aromatic nitrogens is 4. The zero-order valence-corrected chi connectivity index (χ0v) is 27.7. The molecule has 0 aliphatic rings. The highest BCUT2D eigenvalue weighted by Crippen LogP contribution is 2.38. The molecule has 246 valence electrons. The highest BCUT2D eigenvalue weighted by atomic mass is 19.1. The first kappa shape index (κ1) is 29.9. The van der Waals surface area contributed by atoms with E-state index in [1.807, 2.05) is 24.3 Å². The van der Waals surface area contributed by atoms with Gasteiger partial charge in [-0.3, -0.25) is 4.57 Å². The minimum atomic E-state index is -0.323. The standard InChI is InChI=1S/C46H28F2N4/c47-33-20-14-29(15-21-33)40-28-41(30-16-22-34(48)23-17-30)50-46(49-40)52-43-13-7-5-11-37(43)39-27-32(19-25-45(39)52)31-18-24-44-38(26-31)36-10-4-6-12-42(36)51(44)35-8-2-1-3-9-35/h1-28H. The summed E-state index contributed by atoms with van der Waals surface area (Å²) in [6.07, 6.45) is 0. The molecule has 0 amide bonds. The van der Waals surface area contributed by atoms with E-state index in [0.29, 0.717) is 17.3 Å². The molecule has 0 aliphatic heterocycles. The molecule has 0 bridgehead atoms. The topological polar surface area (TPSA) is 35.6 Å². The van der Waals surface area contributed by atoms with Gasteiger partial charge >= 0.3 is 0 Å². The fraction of sp³-hybridized carbons (Fsp3) is 0. The first-order valence-corrected chi connectivity index (χ1v) is 17.1. The number of fused-ring (bicyclic) bond motifs is 6. The largest absolute Gasteiger partial charge is 0.309 e. The van der Waals surface area contributed by atoms with Crippen LogP contribution in [0.4, 0.5) is 8.78 Å². The van der Waals surface area contributed by atoms with Gasteiger partial charge in [-0.05, 0) is 114 Å². The molecular weight excluding hydrogens is 647 g/mol. The molecule has 3 aromatic heterocycles. The maximum Gasteiger partial charge on any atom is 0.235 e. The molecule has 0 spiro atoms. The molecule has 0 saturated heterocycles. The first-order valence-electron chi connectivity index (χ1n) is 17.1. The van der Waals surface area contributed by atoms with Crippen molar-refractivity contribution >= 4 is 43.6 Å². The summed E-state index contributed by atoms with van der Waals surface area (Å²) in [7, 11) is 0. The van der Waals surface area contributed by atoms with E-state index in [9.17, 15) is 8.78 Å². The maximum atomic E-state index is 13.9. The van der Waals surface area contributed by atoms with Gasteiger partial charge in [0.1, 0.15) is 11.6 Å². The summed E-state index contributed by atoms with van der Waals surface area (Å²) in [6, 6.07) is 54.9. The Bertz CT molecular complexity index is 2900. The summed E-state index contributed by atoms with van der Waals surface area (Å²) in [5.74, 6) is -0.178. The lowest BCUT2D eigenvalue weighted by Gasteiger charge is -2.12. The van der Waals surface area contributed by atoms with E-state index < -0.39 is 0 Å². The van der Waals surface area contributed by atoms with Crippen LogP contribution in [0.15, 0.2) is 170 Å². The van der Waals surface area contributed by atoms with Crippen molar-refractivity contribution < 1.29 is 8.78 Å². The van der Waals surface area contributed by atoms with Crippen LogP contribution in [0.25, 0.3) is 88.9 Å². The van der Waals surface area contributed by atoms with E-state index in [4.69, 9.17) is 9.97 Å². The fourth-order valence-corrected chi connectivity index (χ4v) is 7.45. The van der Waals surface area contributed by atoms with Gasteiger partial charge in [0.15, 0.2) is 0 Å². The molecule has 0 fully saturated rings. The lowest BCUT2D eigenvalue weighted by molar-refractivity contribution is 0.627. The van der Waals surface area contributed by atoms with Crippen LogP contribution in [0, 0.1) is 11.6 Å². The average molecular weight is 675 g/mol. The second-order valence-corrected chi connectivity index (χ2v) is 13.0. The summed E-state index contributed by atoms with van der Waals surface area (Å²) in [5, 5.41) is 4.54. The van der Waals surface area contributed by atoms with Crippen LogP contribution in [-0.4, -0.2) is 19.1 Å². The van der Waals surface area contributed by atoms with Crippen LogP contribution in [0.5, 0.6) is 0 Å². The molecule has 0 aliphatic carbocycles. The van der Waals surface area contributed by atoms with Gasteiger partial charge < -0.3 is 4.57 Å². The molecule has 4 nitrogen and oxygen atoms in total. The molecule has 0 radical (unpaired) electrons. The van der Waals surface area contributed by atoms with Gasteiger partial charge in [-0.1, -0.05) is 66.7 Å². The monoisotopic (exact) mass is 674 g/mol. The molecule has 10 rings (SSSR count). The number of rotatable bonds is 5. The van der Waals surface area contributed by atoms with E-state index in [1.54, 1.807) is 24.3 Å². The number of hydrogen-bond acceptors (Lipinski definition) is 2. The molecule has 0 unspecified atom stereocenters. The molecular formula is C46H28F2N4. The highest BCUT2D eigenvalue weighted by Gasteiger charge is 2.19. The predicted molar refractivity (Wildman–Crippen MR) is 207 cm³/mol. The minimum absolute atomic E-state index is 0.323. The van der Waals surface area contributed by atoms with Gasteiger partial charge in [0.25, 0.3) is 0 Å². The molecule has 0 atom stereocenters. The van der Waals surface area contributed by atoms with Crippen LogP contribution in [0.2, 0.25) is 0 Å². The summed E-state index contributed by atoms with van der Waals surface area (Å²) >= 11 is 0. The Morgan fingerprint density at radius 1 is 0.346 bits per heavy atom. The van der Waals surface area contributed by atoms with Gasteiger partial charge in [0, 0.05) is 38.4 Å². The lowest BCUT2D eigenvalue weighted by atomic mass is 10.0. The van der Waals surface area contributed by atoms with Crippen LogP contribution < -0.4 is 0 Å². The van der Waals surface area contributed by atoms with Crippen molar-refractivity contribution in [1.82, 2.24) is 19.1 Å². The smallest absolute Gasteiger partial charge is 0.235 e. The van der Waals surface area contributed by atoms with Crippen LogP contribution >= 0.6 is 0 Å². The van der Waals surface area contributed by atoms with Crippen molar-refractivity contribution in [1.29, 1.82) is 0 Å². The minimum Gasteiger partial charge on any atom is -0.309 e. The van der Waals surface area contributed by atoms with E-state index in [2.05, 4.69) is 106 Å². The molecule has 6 heteroatoms. The SMILES string of the molecule is Fc1ccc(-c2cc(-c3ccc(F)cc3)nc(-n3c4ccccc4c4cc(-c5ccc6c(c5)c5ccccc5n6-c5ccccc5)ccc43)n2)cc1. The Morgan fingerprint density at radius 3 is 1.31 bits per heavy atom. The van der Waals surface area contributed by atoms with E-state index in [1.165, 1.54) is 40.6 Å². The molecule has 7 aromatic carbocycles. The molecule has 3 heterocycles. The zero-order chi connectivity index (χ0) is 34.8. The van der Waals surface area contributed by atoms with Crippen molar-refractivity contribution in [2.45, 2.75) is 0 Å². The Morgan fingerprint density at radius 2 is 0.769 bits per heavy atom. The van der Waals surface area contributed by atoms with Crippen LogP contribution in [0.3, 0.4) is 0 Å². The third kappa shape index (κ3) is 4.88. The van der Waals surface area contributed by atoms with Gasteiger partial charge in [-0.15, -0.1) is 0 Å².